The van der Waals surface area contributed by atoms with Gasteiger partial charge in [0.05, 0.1) is 25.2 Å². The SMILES string of the molecule is CC/C=C/C=C/C=C/C=C\CCCCCC(CC(=O)NC(CO)C(O)CCCCCCCCCCCCCCCCC)OC(=O)CCCCCCCCC/C=C/C/C=C/CC. The topological polar surface area (TPSA) is 95.9 Å². The normalized spacial score (nSPS) is 13.9. The third-order valence-electron chi connectivity index (χ3n) is 11.4. The van der Waals surface area contributed by atoms with Crippen LogP contribution in [-0.4, -0.2) is 46.9 Å². The molecule has 0 saturated heterocycles. The molecule has 0 aromatic rings. The van der Waals surface area contributed by atoms with Crippen LogP contribution in [0.15, 0.2) is 72.9 Å². The number of esters is 1. The molecule has 0 radical (unpaired) electrons. The van der Waals surface area contributed by atoms with E-state index in [1.807, 2.05) is 24.3 Å². The monoisotopic (exact) mass is 852 g/mol. The lowest BCUT2D eigenvalue weighted by atomic mass is 10.0. The molecule has 61 heavy (non-hydrogen) atoms. The lowest BCUT2D eigenvalue weighted by Gasteiger charge is -2.24. The second kappa shape index (κ2) is 48.3. The smallest absolute Gasteiger partial charge is 0.306 e. The average Bonchev–Trinajstić information content (AvgIpc) is 3.25. The standard InChI is InChI=1S/C55H97NO5/c1-4-7-10-13-16-19-22-25-27-29-32-35-38-41-44-47-53(58)52(50-57)56-54(59)49-51(46-43-40-37-34-31-28-24-21-18-15-12-9-6-3)61-55(60)48-45-42-39-36-33-30-26-23-20-17-14-11-8-5-2/h8-9,11-12,15,17-18,20-21,24,28,31,51-53,57-58H,4-7,10,13-14,16,19,22-23,25-27,29-30,32-50H2,1-3H3,(H,56,59)/b11-8+,12-9+,18-15+,20-17+,24-21+,31-28-. The quantitative estimate of drug-likeness (QED) is 0.0245. The molecule has 0 aliphatic heterocycles. The fourth-order valence-electron chi connectivity index (χ4n) is 7.54. The molecule has 1 amide bonds. The Morgan fingerprint density at radius 1 is 0.508 bits per heavy atom. The van der Waals surface area contributed by atoms with Crippen LogP contribution >= 0.6 is 0 Å². The summed E-state index contributed by atoms with van der Waals surface area (Å²) in [6, 6.07) is -0.718. The molecule has 3 unspecified atom stereocenters. The molecule has 6 nitrogen and oxygen atoms in total. The van der Waals surface area contributed by atoms with Crippen molar-refractivity contribution in [2.75, 3.05) is 6.61 Å². The van der Waals surface area contributed by atoms with Gasteiger partial charge in [-0.1, -0.05) is 229 Å². The second-order valence-corrected chi connectivity index (χ2v) is 17.3. The predicted octanol–water partition coefficient (Wildman–Crippen LogP) is 15.4. The number of ether oxygens (including phenoxy) is 1. The summed E-state index contributed by atoms with van der Waals surface area (Å²) in [5.41, 5.74) is 0. The van der Waals surface area contributed by atoms with E-state index in [1.165, 1.54) is 103 Å². The molecule has 352 valence electrons. The lowest BCUT2D eigenvalue weighted by molar-refractivity contribution is -0.151. The Balaban J connectivity index is 4.61. The van der Waals surface area contributed by atoms with Gasteiger partial charge in [-0.25, -0.2) is 0 Å². The molecule has 3 N–H and O–H groups in total. The van der Waals surface area contributed by atoms with Gasteiger partial charge in [0.15, 0.2) is 0 Å². The Hall–Kier alpha value is -2.70. The minimum absolute atomic E-state index is 0.0458. The second-order valence-electron chi connectivity index (χ2n) is 17.3. The molecule has 0 saturated carbocycles. The summed E-state index contributed by atoms with van der Waals surface area (Å²) in [6.07, 6.45) is 61.0. The van der Waals surface area contributed by atoms with Crippen molar-refractivity contribution in [3.8, 4) is 0 Å². The number of carbonyl (C=O) groups is 2. The number of aliphatic hydroxyl groups excluding tert-OH is 2. The van der Waals surface area contributed by atoms with Gasteiger partial charge in [0.1, 0.15) is 6.10 Å². The summed E-state index contributed by atoms with van der Waals surface area (Å²) >= 11 is 0. The van der Waals surface area contributed by atoms with Crippen molar-refractivity contribution < 1.29 is 24.5 Å². The number of unbranched alkanes of at least 4 members (excludes halogenated alkanes) is 24. The van der Waals surface area contributed by atoms with Crippen LogP contribution in [0.3, 0.4) is 0 Å². The Morgan fingerprint density at radius 3 is 1.54 bits per heavy atom. The third kappa shape index (κ3) is 43.7. The zero-order valence-electron chi connectivity index (χ0n) is 40.0. The van der Waals surface area contributed by atoms with Gasteiger partial charge in [0.2, 0.25) is 5.91 Å². The van der Waals surface area contributed by atoms with Crippen LogP contribution in [0.5, 0.6) is 0 Å². The number of hydrogen-bond donors (Lipinski definition) is 3. The maximum Gasteiger partial charge on any atom is 0.306 e. The van der Waals surface area contributed by atoms with Crippen molar-refractivity contribution in [3.63, 3.8) is 0 Å². The molecule has 0 aromatic carbocycles. The first-order valence-corrected chi connectivity index (χ1v) is 25.7. The van der Waals surface area contributed by atoms with Gasteiger partial charge in [-0.05, 0) is 70.6 Å². The molecule has 0 rings (SSSR count). The summed E-state index contributed by atoms with van der Waals surface area (Å²) in [5, 5.41) is 23.8. The van der Waals surface area contributed by atoms with Crippen molar-refractivity contribution in [2.45, 2.75) is 257 Å². The summed E-state index contributed by atoms with van der Waals surface area (Å²) in [7, 11) is 0. The first-order chi connectivity index (χ1) is 30.0. The van der Waals surface area contributed by atoms with Gasteiger partial charge in [-0.3, -0.25) is 9.59 Å². The number of amides is 1. The van der Waals surface area contributed by atoms with E-state index in [1.54, 1.807) is 0 Å². The Morgan fingerprint density at radius 2 is 0.967 bits per heavy atom. The maximum atomic E-state index is 13.2. The van der Waals surface area contributed by atoms with Crippen LogP contribution in [0.1, 0.15) is 239 Å². The maximum absolute atomic E-state index is 13.2. The number of carbonyl (C=O) groups excluding carboxylic acids is 2. The fraction of sp³-hybridized carbons (Fsp3) is 0.745. The van der Waals surface area contributed by atoms with Crippen molar-refractivity contribution in [3.05, 3.63) is 72.9 Å². The van der Waals surface area contributed by atoms with Crippen LogP contribution in [0, 0.1) is 0 Å². The molecular formula is C55H97NO5. The highest BCUT2D eigenvalue weighted by atomic mass is 16.5. The zero-order valence-corrected chi connectivity index (χ0v) is 40.0. The van der Waals surface area contributed by atoms with E-state index in [2.05, 4.69) is 74.7 Å². The highest BCUT2D eigenvalue weighted by Crippen LogP contribution is 2.17. The number of allylic oxidation sites excluding steroid dienone is 12. The summed E-state index contributed by atoms with van der Waals surface area (Å²) in [5.74, 6) is -0.524. The van der Waals surface area contributed by atoms with E-state index in [0.29, 0.717) is 19.3 Å². The zero-order chi connectivity index (χ0) is 44.5. The van der Waals surface area contributed by atoms with Gasteiger partial charge in [-0.2, -0.15) is 0 Å². The van der Waals surface area contributed by atoms with Gasteiger partial charge < -0.3 is 20.3 Å². The molecule has 0 spiro atoms. The van der Waals surface area contributed by atoms with Gasteiger partial charge in [0, 0.05) is 6.42 Å². The van der Waals surface area contributed by atoms with Crippen LogP contribution < -0.4 is 5.32 Å². The van der Waals surface area contributed by atoms with Crippen molar-refractivity contribution in [2.24, 2.45) is 0 Å². The molecular weight excluding hydrogens is 755 g/mol. The first-order valence-electron chi connectivity index (χ1n) is 25.7. The number of rotatable bonds is 45. The molecule has 0 fully saturated rings. The van der Waals surface area contributed by atoms with E-state index >= 15 is 0 Å². The van der Waals surface area contributed by atoms with Crippen LogP contribution in [0.2, 0.25) is 0 Å². The number of aliphatic hydroxyl groups is 2. The molecule has 0 heterocycles. The Bertz CT molecular complexity index is 1140. The first kappa shape index (κ1) is 58.3. The summed E-state index contributed by atoms with van der Waals surface area (Å²) < 4.78 is 5.91. The van der Waals surface area contributed by atoms with E-state index in [9.17, 15) is 19.8 Å². The minimum atomic E-state index is -0.802. The lowest BCUT2D eigenvalue weighted by Crippen LogP contribution is -2.46. The van der Waals surface area contributed by atoms with Gasteiger partial charge in [0.25, 0.3) is 0 Å². The van der Waals surface area contributed by atoms with E-state index in [-0.39, 0.29) is 24.9 Å². The average molecular weight is 852 g/mol. The van der Waals surface area contributed by atoms with Crippen LogP contribution in [0.25, 0.3) is 0 Å². The summed E-state index contributed by atoms with van der Waals surface area (Å²) in [4.78, 5) is 26.1. The highest BCUT2D eigenvalue weighted by Gasteiger charge is 2.24. The number of hydrogen-bond acceptors (Lipinski definition) is 5. The van der Waals surface area contributed by atoms with Gasteiger partial charge in [-0.15, -0.1) is 0 Å². The van der Waals surface area contributed by atoms with E-state index in [4.69, 9.17) is 4.74 Å². The van der Waals surface area contributed by atoms with E-state index < -0.39 is 18.2 Å². The molecule has 3 atom stereocenters. The van der Waals surface area contributed by atoms with Crippen LogP contribution in [0.4, 0.5) is 0 Å². The largest absolute Gasteiger partial charge is 0.462 e. The Labute approximate surface area is 377 Å². The molecule has 0 bridgehead atoms. The highest BCUT2D eigenvalue weighted by molar-refractivity contribution is 5.77. The van der Waals surface area contributed by atoms with Crippen LogP contribution in [-0.2, 0) is 14.3 Å². The minimum Gasteiger partial charge on any atom is -0.462 e. The summed E-state index contributed by atoms with van der Waals surface area (Å²) in [6.45, 7) is 6.23. The number of nitrogens with one attached hydrogen (secondary N) is 1. The van der Waals surface area contributed by atoms with Crippen molar-refractivity contribution >= 4 is 11.9 Å². The molecule has 0 aliphatic rings. The van der Waals surface area contributed by atoms with Gasteiger partial charge >= 0.3 is 5.97 Å². The third-order valence-corrected chi connectivity index (χ3v) is 11.4. The fourth-order valence-corrected chi connectivity index (χ4v) is 7.54. The van der Waals surface area contributed by atoms with Crippen molar-refractivity contribution in [1.29, 1.82) is 0 Å². The Kier molecular flexibility index (Phi) is 46.2. The molecule has 0 aromatic heterocycles. The molecule has 6 heteroatoms. The molecule has 0 aliphatic carbocycles. The van der Waals surface area contributed by atoms with E-state index in [0.717, 1.165) is 89.9 Å². The predicted molar refractivity (Wildman–Crippen MR) is 264 cm³/mol. The van der Waals surface area contributed by atoms with Crippen molar-refractivity contribution in [1.82, 2.24) is 5.32 Å².